The lowest BCUT2D eigenvalue weighted by Gasteiger charge is -2.10. The van der Waals surface area contributed by atoms with Gasteiger partial charge in [0.1, 0.15) is 0 Å². The van der Waals surface area contributed by atoms with Crippen LogP contribution in [-0.2, 0) is 17.9 Å². The molecule has 0 aliphatic rings. The van der Waals surface area contributed by atoms with Gasteiger partial charge in [-0.15, -0.1) is 16.8 Å². The first-order chi connectivity index (χ1) is 15.0. The number of hydrogen-bond acceptors (Lipinski definition) is 5. The molecule has 3 rings (SSSR count). The van der Waals surface area contributed by atoms with E-state index in [0.29, 0.717) is 38.3 Å². The van der Waals surface area contributed by atoms with Crippen LogP contribution in [0.5, 0.6) is 0 Å². The molecule has 0 aliphatic heterocycles. The zero-order valence-electron chi connectivity index (χ0n) is 16.3. The molecule has 160 valence electrons. The maximum atomic E-state index is 12.4. The van der Waals surface area contributed by atoms with Crippen molar-refractivity contribution in [3.8, 4) is 0 Å². The lowest BCUT2D eigenvalue weighted by atomic mass is 10.2. The van der Waals surface area contributed by atoms with Crippen LogP contribution in [0.25, 0.3) is 0 Å². The molecule has 0 fully saturated rings. The molecule has 0 aliphatic carbocycles. The Morgan fingerprint density at radius 1 is 1.16 bits per heavy atom. The van der Waals surface area contributed by atoms with Crippen LogP contribution >= 0.6 is 39.3 Å². The highest BCUT2D eigenvalue weighted by Gasteiger charge is 2.15. The highest BCUT2D eigenvalue weighted by molar-refractivity contribution is 9.10. The third-order valence-electron chi connectivity index (χ3n) is 4.09. The number of amides is 2. The molecule has 1 aromatic heterocycles. The Morgan fingerprint density at radius 3 is 2.61 bits per heavy atom. The van der Waals surface area contributed by atoms with Crippen molar-refractivity contribution < 1.29 is 9.59 Å². The van der Waals surface area contributed by atoms with Crippen molar-refractivity contribution in [2.75, 3.05) is 11.1 Å². The third-order valence-corrected chi connectivity index (χ3v) is 6.00. The molecular formula is C21H19BrClN5O2S. The van der Waals surface area contributed by atoms with Gasteiger partial charge in [0, 0.05) is 21.7 Å². The smallest absolute Gasteiger partial charge is 0.252 e. The van der Waals surface area contributed by atoms with Gasteiger partial charge in [-0.05, 0) is 52.3 Å². The van der Waals surface area contributed by atoms with Crippen LogP contribution in [0.15, 0.2) is 70.8 Å². The first kappa shape index (κ1) is 23.1. The Morgan fingerprint density at radius 2 is 1.90 bits per heavy atom. The molecule has 2 amide bonds. The number of carbonyl (C=O) groups is 2. The third kappa shape index (κ3) is 6.43. The molecule has 0 bridgehead atoms. The SMILES string of the molecule is C=CCn1c(CNC(=O)c2ccccc2Br)nnc1SCC(=O)Nc1ccc(Cl)cc1. The normalized spacial score (nSPS) is 10.5. The van der Waals surface area contributed by atoms with Gasteiger partial charge in [-0.2, -0.15) is 0 Å². The first-order valence-electron chi connectivity index (χ1n) is 9.22. The van der Waals surface area contributed by atoms with Crippen LogP contribution in [0.2, 0.25) is 5.02 Å². The molecule has 2 N–H and O–H groups in total. The van der Waals surface area contributed by atoms with E-state index in [1.807, 2.05) is 10.6 Å². The van der Waals surface area contributed by atoms with E-state index in [-0.39, 0.29) is 24.1 Å². The Balaban J connectivity index is 1.61. The highest BCUT2D eigenvalue weighted by atomic mass is 79.9. The van der Waals surface area contributed by atoms with Crippen molar-refractivity contribution in [1.82, 2.24) is 20.1 Å². The minimum atomic E-state index is -0.225. The number of carbonyl (C=O) groups excluding carboxylic acids is 2. The first-order valence-corrected chi connectivity index (χ1v) is 11.4. The van der Waals surface area contributed by atoms with Gasteiger partial charge in [0.2, 0.25) is 5.91 Å². The Kier molecular flexibility index (Phi) is 8.27. The minimum Gasteiger partial charge on any atom is -0.345 e. The van der Waals surface area contributed by atoms with Crippen LogP contribution in [0.4, 0.5) is 5.69 Å². The van der Waals surface area contributed by atoms with Crippen molar-refractivity contribution in [3.05, 3.63) is 82.1 Å². The zero-order chi connectivity index (χ0) is 22.2. The molecule has 0 radical (unpaired) electrons. The second-order valence-electron chi connectivity index (χ2n) is 6.30. The quantitative estimate of drug-likeness (QED) is 0.319. The van der Waals surface area contributed by atoms with Crippen LogP contribution in [-0.4, -0.2) is 32.3 Å². The predicted octanol–water partition coefficient (Wildman–Crippen LogP) is 4.54. The predicted molar refractivity (Wildman–Crippen MR) is 126 cm³/mol. The van der Waals surface area contributed by atoms with Crippen molar-refractivity contribution >= 4 is 56.8 Å². The number of aromatic nitrogens is 3. The van der Waals surface area contributed by atoms with Gasteiger partial charge >= 0.3 is 0 Å². The lowest BCUT2D eigenvalue weighted by Crippen LogP contribution is -2.25. The van der Waals surface area contributed by atoms with Crippen molar-refractivity contribution in [2.24, 2.45) is 0 Å². The highest BCUT2D eigenvalue weighted by Crippen LogP contribution is 2.19. The fraction of sp³-hybridized carbons (Fsp3) is 0.143. The molecular weight excluding hydrogens is 502 g/mol. The Hall–Kier alpha value is -2.62. The van der Waals surface area contributed by atoms with Crippen LogP contribution < -0.4 is 10.6 Å². The number of nitrogens with zero attached hydrogens (tertiary/aromatic N) is 3. The van der Waals surface area contributed by atoms with Gasteiger partial charge in [-0.3, -0.25) is 9.59 Å². The van der Waals surface area contributed by atoms with Crippen molar-refractivity contribution in [3.63, 3.8) is 0 Å². The van der Waals surface area contributed by atoms with Gasteiger partial charge < -0.3 is 15.2 Å². The summed E-state index contributed by atoms with van der Waals surface area (Å²) in [5, 5.41) is 15.1. The maximum absolute atomic E-state index is 12.4. The van der Waals surface area contributed by atoms with E-state index in [4.69, 9.17) is 11.6 Å². The summed E-state index contributed by atoms with van der Waals surface area (Å²) in [6.07, 6.45) is 1.71. The van der Waals surface area contributed by atoms with Gasteiger partial charge in [-0.25, -0.2) is 0 Å². The monoisotopic (exact) mass is 519 g/mol. The van der Waals surface area contributed by atoms with Crippen LogP contribution in [0.3, 0.4) is 0 Å². The van der Waals surface area contributed by atoms with Crippen molar-refractivity contribution in [1.29, 1.82) is 0 Å². The number of benzene rings is 2. The van der Waals surface area contributed by atoms with Gasteiger partial charge in [0.15, 0.2) is 11.0 Å². The maximum Gasteiger partial charge on any atom is 0.252 e. The van der Waals surface area contributed by atoms with Gasteiger partial charge in [0.25, 0.3) is 5.91 Å². The average molecular weight is 521 g/mol. The van der Waals surface area contributed by atoms with E-state index < -0.39 is 0 Å². The fourth-order valence-electron chi connectivity index (χ4n) is 2.63. The number of allylic oxidation sites excluding steroid dienone is 1. The zero-order valence-corrected chi connectivity index (χ0v) is 19.5. The number of hydrogen-bond donors (Lipinski definition) is 2. The summed E-state index contributed by atoms with van der Waals surface area (Å²) in [7, 11) is 0. The molecule has 10 heteroatoms. The van der Waals surface area contributed by atoms with Crippen LogP contribution in [0.1, 0.15) is 16.2 Å². The van der Waals surface area contributed by atoms with Crippen molar-refractivity contribution in [2.45, 2.75) is 18.2 Å². The molecule has 0 unspecified atom stereocenters. The molecule has 1 heterocycles. The second kappa shape index (κ2) is 11.1. The summed E-state index contributed by atoms with van der Waals surface area (Å²) in [6.45, 7) is 4.41. The largest absolute Gasteiger partial charge is 0.345 e. The summed E-state index contributed by atoms with van der Waals surface area (Å²) >= 11 is 10.5. The molecule has 2 aromatic carbocycles. The summed E-state index contributed by atoms with van der Waals surface area (Å²) < 4.78 is 2.52. The molecule has 0 atom stereocenters. The standard InChI is InChI=1S/C21H19BrClN5O2S/c1-2-11-28-18(12-24-20(30)16-5-3-4-6-17(16)22)26-27-21(28)31-13-19(29)25-15-9-7-14(23)8-10-15/h2-10H,1,11-13H2,(H,24,30)(H,25,29). The topological polar surface area (TPSA) is 88.9 Å². The average Bonchev–Trinajstić information content (AvgIpc) is 3.14. The van der Waals surface area contributed by atoms with E-state index in [0.717, 1.165) is 0 Å². The molecule has 0 saturated carbocycles. The summed E-state index contributed by atoms with van der Waals surface area (Å²) in [6, 6.07) is 14.1. The summed E-state index contributed by atoms with van der Waals surface area (Å²) in [5.74, 6) is 0.323. The van der Waals surface area contributed by atoms with Gasteiger partial charge in [0.05, 0.1) is 17.9 Å². The number of anilines is 1. The van der Waals surface area contributed by atoms with Crippen LogP contribution in [0, 0.1) is 0 Å². The summed E-state index contributed by atoms with van der Waals surface area (Å²) in [5.41, 5.74) is 1.20. The molecule has 3 aromatic rings. The van der Waals surface area contributed by atoms with E-state index in [9.17, 15) is 9.59 Å². The molecule has 31 heavy (non-hydrogen) atoms. The van der Waals surface area contributed by atoms with E-state index in [1.165, 1.54) is 11.8 Å². The molecule has 0 spiro atoms. The Labute approximate surface area is 197 Å². The molecule has 7 nitrogen and oxygen atoms in total. The number of nitrogens with one attached hydrogen (secondary N) is 2. The number of halogens is 2. The number of thioether (sulfide) groups is 1. The van der Waals surface area contributed by atoms with E-state index >= 15 is 0 Å². The summed E-state index contributed by atoms with van der Waals surface area (Å²) in [4.78, 5) is 24.7. The minimum absolute atomic E-state index is 0.154. The number of rotatable bonds is 9. The Bertz CT molecular complexity index is 1090. The van der Waals surface area contributed by atoms with E-state index in [2.05, 4.69) is 43.3 Å². The second-order valence-corrected chi connectivity index (χ2v) is 8.54. The lowest BCUT2D eigenvalue weighted by molar-refractivity contribution is -0.113. The van der Waals surface area contributed by atoms with E-state index in [1.54, 1.807) is 48.5 Å². The fourth-order valence-corrected chi connectivity index (χ4v) is 3.99. The molecule has 0 saturated heterocycles. The van der Waals surface area contributed by atoms with Gasteiger partial charge in [-0.1, -0.05) is 41.6 Å².